The number of likely N-dealkylation sites (N-methyl/N-ethyl adjacent to an activating group) is 1. The lowest BCUT2D eigenvalue weighted by Crippen LogP contribution is -2.55. The van der Waals surface area contributed by atoms with E-state index in [0.29, 0.717) is 12.6 Å². The number of ether oxygens (including phenoxy) is 1. The van der Waals surface area contributed by atoms with Crippen molar-refractivity contribution in [2.75, 3.05) is 33.9 Å². The first kappa shape index (κ1) is 18.4. The predicted molar refractivity (Wildman–Crippen MR) is 84.6 cm³/mol. The highest BCUT2D eigenvalue weighted by atomic mass is 16.5. The highest BCUT2D eigenvalue weighted by Crippen LogP contribution is 2.38. The van der Waals surface area contributed by atoms with Crippen molar-refractivity contribution in [3.05, 3.63) is 0 Å². The molecule has 5 heteroatoms. The number of hydrogen-bond acceptors (Lipinski definition) is 4. The lowest BCUT2D eigenvalue weighted by Gasteiger charge is -2.34. The molecule has 0 saturated heterocycles. The average molecular weight is 300 g/mol. The summed E-state index contributed by atoms with van der Waals surface area (Å²) in [6, 6.07) is 0.360. The molecule has 0 aromatic carbocycles. The number of methoxy groups -OCH3 is 1. The van der Waals surface area contributed by atoms with Gasteiger partial charge in [-0.2, -0.15) is 0 Å². The number of carbonyl (C=O) groups is 1. The Bertz CT molecular complexity index is 325. The van der Waals surface area contributed by atoms with Crippen molar-refractivity contribution in [1.82, 2.24) is 10.2 Å². The lowest BCUT2D eigenvalue weighted by atomic mass is 9.84. The zero-order chi connectivity index (χ0) is 15.9. The minimum absolute atomic E-state index is 0.221. The second-order valence-electron chi connectivity index (χ2n) is 6.37. The topological polar surface area (TPSA) is 61.8 Å². The summed E-state index contributed by atoms with van der Waals surface area (Å²) in [6.45, 7) is 6.61. The van der Waals surface area contributed by atoms with Crippen LogP contribution in [0.15, 0.2) is 0 Å². The fourth-order valence-electron chi connectivity index (χ4n) is 3.35. The first-order valence-electron chi connectivity index (χ1n) is 8.15. The van der Waals surface area contributed by atoms with Crippen molar-refractivity contribution >= 4 is 5.97 Å². The number of nitrogens with one attached hydrogen (secondary N) is 1. The average Bonchev–Trinajstić information content (AvgIpc) is 2.87. The molecule has 0 aromatic rings. The van der Waals surface area contributed by atoms with Crippen LogP contribution in [-0.2, 0) is 9.53 Å². The highest BCUT2D eigenvalue weighted by molar-refractivity contribution is 5.79. The maximum absolute atomic E-state index is 11.8. The molecule has 0 aliphatic heterocycles. The van der Waals surface area contributed by atoms with E-state index in [1.54, 1.807) is 7.11 Å². The molecule has 0 aromatic heterocycles. The summed E-state index contributed by atoms with van der Waals surface area (Å²) in [7, 11) is 3.80. The van der Waals surface area contributed by atoms with Crippen molar-refractivity contribution in [3.8, 4) is 0 Å². The molecule has 124 valence electrons. The molecule has 21 heavy (non-hydrogen) atoms. The van der Waals surface area contributed by atoms with Crippen LogP contribution in [0.3, 0.4) is 0 Å². The van der Waals surface area contributed by atoms with Gasteiger partial charge in [0.2, 0.25) is 0 Å². The van der Waals surface area contributed by atoms with Gasteiger partial charge in [-0.3, -0.25) is 4.79 Å². The maximum Gasteiger partial charge on any atom is 0.324 e. The van der Waals surface area contributed by atoms with Crippen LogP contribution in [0.4, 0.5) is 0 Å². The monoisotopic (exact) mass is 300 g/mol. The van der Waals surface area contributed by atoms with E-state index in [4.69, 9.17) is 4.74 Å². The molecule has 1 aliphatic rings. The van der Waals surface area contributed by atoms with Crippen LogP contribution in [-0.4, -0.2) is 61.4 Å². The van der Waals surface area contributed by atoms with E-state index in [-0.39, 0.29) is 5.92 Å². The van der Waals surface area contributed by atoms with Crippen molar-refractivity contribution < 1.29 is 14.6 Å². The molecule has 1 aliphatic carbocycles. The Labute approximate surface area is 129 Å². The quantitative estimate of drug-likeness (QED) is 0.646. The summed E-state index contributed by atoms with van der Waals surface area (Å²) in [5, 5.41) is 13.1. The van der Waals surface area contributed by atoms with Gasteiger partial charge < -0.3 is 20.1 Å². The number of carboxylic acids is 1. The third kappa shape index (κ3) is 4.66. The van der Waals surface area contributed by atoms with E-state index in [1.165, 1.54) is 0 Å². The van der Waals surface area contributed by atoms with Crippen molar-refractivity contribution in [1.29, 1.82) is 0 Å². The van der Waals surface area contributed by atoms with Crippen LogP contribution < -0.4 is 5.32 Å². The number of rotatable bonds is 10. The minimum Gasteiger partial charge on any atom is -0.480 e. The molecular formula is C16H32N2O3. The van der Waals surface area contributed by atoms with Gasteiger partial charge in [0, 0.05) is 13.2 Å². The molecule has 5 nitrogen and oxygen atoms in total. The van der Waals surface area contributed by atoms with Gasteiger partial charge in [-0.25, -0.2) is 0 Å². The molecule has 0 heterocycles. The smallest absolute Gasteiger partial charge is 0.324 e. The molecular weight excluding hydrogens is 268 g/mol. The van der Waals surface area contributed by atoms with Gasteiger partial charge in [-0.15, -0.1) is 0 Å². The third-order valence-corrected chi connectivity index (χ3v) is 4.88. The molecule has 0 bridgehead atoms. The first-order chi connectivity index (χ1) is 9.97. The molecule has 0 radical (unpaired) electrons. The van der Waals surface area contributed by atoms with Crippen LogP contribution in [0.1, 0.15) is 46.0 Å². The van der Waals surface area contributed by atoms with E-state index >= 15 is 0 Å². The summed E-state index contributed by atoms with van der Waals surface area (Å²) in [6.07, 6.45) is 4.66. The van der Waals surface area contributed by atoms with Gasteiger partial charge in [0.1, 0.15) is 5.54 Å². The Morgan fingerprint density at radius 3 is 2.86 bits per heavy atom. The van der Waals surface area contributed by atoms with Crippen LogP contribution in [0.5, 0.6) is 0 Å². The summed E-state index contributed by atoms with van der Waals surface area (Å²) in [5.41, 5.74) is -0.707. The van der Waals surface area contributed by atoms with E-state index in [1.807, 2.05) is 0 Å². The maximum atomic E-state index is 11.8. The van der Waals surface area contributed by atoms with Crippen LogP contribution in [0, 0.1) is 5.92 Å². The number of carboxylic acid groups (broad SMARTS) is 1. The standard InChI is InChI=1S/C16H32N2O3/c1-5-10-17-16(15(19)20)9-6-7-14(16)8-11-18(3)13(2)12-21-4/h13-14,17H,5-12H2,1-4H3,(H,19,20). The highest BCUT2D eigenvalue weighted by Gasteiger charge is 2.48. The number of hydrogen-bond donors (Lipinski definition) is 2. The van der Waals surface area contributed by atoms with Gasteiger partial charge >= 0.3 is 5.97 Å². The third-order valence-electron chi connectivity index (χ3n) is 4.88. The molecule has 3 atom stereocenters. The number of aliphatic carboxylic acids is 1. The normalized spacial score (nSPS) is 27.2. The van der Waals surface area contributed by atoms with Gasteiger partial charge in [0.05, 0.1) is 6.61 Å². The Morgan fingerprint density at radius 1 is 1.57 bits per heavy atom. The summed E-state index contributed by atoms with van der Waals surface area (Å²) >= 11 is 0. The summed E-state index contributed by atoms with van der Waals surface area (Å²) < 4.78 is 5.18. The molecule has 1 saturated carbocycles. The van der Waals surface area contributed by atoms with Gasteiger partial charge in [0.25, 0.3) is 0 Å². The van der Waals surface area contributed by atoms with Gasteiger partial charge in [-0.05, 0) is 58.7 Å². The van der Waals surface area contributed by atoms with Gasteiger partial charge in [0.15, 0.2) is 0 Å². The van der Waals surface area contributed by atoms with Crippen LogP contribution >= 0.6 is 0 Å². The second kappa shape index (κ2) is 8.71. The van der Waals surface area contributed by atoms with E-state index in [9.17, 15) is 9.90 Å². The predicted octanol–water partition coefficient (Wildman–Crippen LogP) is 1.97. The SMILES string of the molecule is CCCNC1(C(=O)O)CCCC1CCN(C)C(C)COC. The van der Waals surface area contributed by atoms with E-state index in [2.05, 4.69) is 31.1 Å². The van der Waals surface area contributed by atoms with Gasteiger partial charge in [-0.1, -0.05) is 13.3 Å². The molecule has 1 rings (SSSR count). The fraction of sp³-hybridized carbons (Fsp3) is 0.938. The number of nitrogens with zero attached hydrogens (tertiary/aromatic N) is 1. The van der Waals surface area contributed by atoms with Crippen molar-refractivity contribution in [2.45, 2.75) is 57.5 Å². The Balaban J connectivity index is 2.60. The van der Waals surface area contributed by atoms with Crippen LogP contribution in [0.2, 0.25) is 0 Å². The second-order valence-corrected chi connectivity index (χ2v) is 6.37. The van der Waals surface area contributed by atoms with E-state index < -0.39 is 11.5 Å². The van der Waals surface area contributed by atoms with E-state index in [0.717, 1.165) is 45.2 Å². The Morgan fingerprint density at radius 2 is 2.29 bits per heavy atom. The lowest BCUT2D eigenvalue weighted by molar-refractivity contribution is -0.146. The molecule has 0 spiro atoms. The summed E-state index contributed by atoms with van der Waals surface area (Å²) in [5.74, 6) is -0.454. The molecule has 2 N–H and O–H groups in total. The Hall–Kier alpha value is -0.650. The molecule has 1 fully saturated rings. The minimum atomic E-state index is -0.707. The first-order valence-corrected chi connectivity index (χ1v) is 8.15. The Kier molecular flexibility index (Phi) is 7.63. The molecule has 3 unspecified atom stereocenters. The van der Waals surface area contributed by atoms with Crippen LogP contribution in [0.25, 0.3) is 0 Å². The largest absolute Gasteiger partial charge is 0.480 e. The fourth-order valence-corrected chi connectivity index (χ4v) is 3.35. The molecule has 0 amide bonds. The zero-order valence-corrected chi connectivity index (χ0v) is 14.0. The van der Waals surface area contributed by atoms with Crippen molar-refractivity contribution in [2.24, 2.45) is 5.92 Å². The van der Waals surface area contributed by atoms with Crippen molar-refractivity contribution in [3.63, 3.8) is 0 Å². The zero-order valence-electron chi connectivity index (χ0n) is 14.0. The summed E-state index contributed by atoms with van der Waals surface area (Å²) in [4.78, 5) is 14.1.